The molecule has 1 amide bonds. The van der Waals surface area contributed by atoms with E-state index in [-0.39, 0.29) is 10.8 Å². The lowest BCUT2D eigenvalue weighted by Crippen LogP contribution is -2.42. The summed E-state index contributed by atoms with van der Waals surface area (Å²) in [7, 11) is -3.61. The molecule has 2 aliphatic rings. The number of thiophene rings is 1. The van der Waals surface area contributed by atoms with Crippen LogP contribution in [-0.2, 0) is 29.5 Å². The summed E-state index contributed by atoms with van der Waals surface area (Å²) in [6, 6.07) is 18.7. The van der Waals surface area contributed by atoms with Crippen LogP contribution in [0.3, 0.4) is 0 Å². The second kappa shape index (κ2) is 11.0. The van der Waals surface area contributed by atoms with Crippen molar-refractivity contribution >= 4 is 32.3 Å². The zero-order valence-corrected chi connectivity index (χ0v) is 23.3. The van der Waals surface area contributed by atoms with Gasteiger partial charge in [-0.15, -0.1) is 11.3 Å². The third-order valence-electron chi connectivity index (χ3n) is 7.31. The lowest BCUT2D eigenvalue weighted by Gasteiger charge is -2.34. The average Bonchev–Trinajstić information content (AvgIpc) is 3.24. The van der Waals surface area contributed by atoms with Crippen molar-refractivity contribution in [3.05, 3.63) is 81.7 Å². The van der Waals surface area contributed by atoms with Crippen LogP contribution >= 0.6 is 11.3 Å². The SMILES string of the molecule is C[C@@H]1C[C@H](C)CN(S(=O)(=O)c2ccc(C(=O)Nc3sc4c(c3C#N)CCN(Cc3ccccc3)C4)cc2)C1. The molecule has 3 aromatic rings. The molecule has 2 aliphatic heterocycles. The molecule has 9 heteroatoms. The van der Waals surface area contributed by atoms with E-state index in [0.717, 1.165) is 42.9 Å². The van der Waals surface area contributed by atoms with Gasteiger partial charge in [0.05, 0.1) is 10.5 Å². The van der Waals surface area contributed by atoms with Gasteiger partial charge >= 0.3 is 0 Å². The molecule has 1 fully saturated rings. The Morgan fingerprint density at radius 1 is 1.08 bits per heavy atom. The number of fused-ring (bicyclic) bond motifs is 1. The quantitative estimate of drug-likeness (QED) is 0.463. The summed E-state index contributed by atoms with van der Waals surface area (Å²) >= 11 is 1.45. The minimum Gasteiger partial charge on any atom is -0.312 e. The first-order chi connectivity index (χ1) is 18.2. The Balaban J connectivity index is 1.29. The van der Waals surface area contributed by atoms with Gasteiger partial charge in [-0.25, -0.2) is 8.42 Å². The molecular formula is C29H32N4O3S2. The molecule has 3 heterocycles. The van der Waals surface area contributed by atoms with Crippen LogP contribution < -0.4 is 5.32 Å². The van der Waals surface area contributed by atoms with Gasteiger partial charge in [-0.1, -0.05) is 44.2 Å². The van der Waals surface area contributed by atoms with Gasteiger partial charge in [0.25, 0.3) is 5.91 Å². The molecule has 2 atom stereocenters. The van der Waals surface area contributed by atoms with Gasteiger partial charge < -0.3 is 5.32 Å². The maximum atomic E-state index is 13.2. The Labute approximate surface area is 228 Å². The van der Waals surface area contributed by atoms with Gasteiger partial charge in [-0.05, 0) is 60.1 Å². The van der Waals surface area contributed by atoms with Crippen molar-refractivity contribution in [1.82, 2.24) is 9.21 Å². The fourth-order valence-electron chi connectivity index (χ4n) is 5.54. The van der Waals surface area contributed by atoms with E-state index in [2.05, 4.69) is 42.3 Å². The Kier molecular flexibility index (Phi) is 7.68. The number of piperidine rings is 1. The molecule has 1 aromatic heterocycles. The molecule has 0 bridgehead atoms. The molecular weight excluding hydrogens is 516 g/mol. The maximum absolute atomic E-state index is 13.2. The smallest absolute Gasteiger partial charge is 0.256 e. The van der Waals surface area contributed by atoms with Crippen LogP contribution in [0.1, 0.15) is 52.2 Å². The second-order valence-corrected chi connectivity index (χ2v) is 13.6. The number of hydrogen-bond donors (Lipinski definition) is 1. The molecule has 0 unspecified atom stereocenters. The minimum atomic E-state index is -3.61. The Hall–Kier alpha value is -3.03. The fourth-order valence-corrected chi connectivity index (χ4v) is 8.46. The molecule has 5 rings (SSSR count). The van der Waals surface area contributed by atoms with Gasteiger partial charge in [-0.2, -0.15) is 9.57 Å². The molecule has 0 spiro atoms. The summed E-state index contributed by atoms with van der Waals surface area (Å²) in [5.74, 6) is 0.273. The van der Waals surface area contributed by atoms with E-state index in [1.807, 2.05) is 18.2 Å². The number of amides is 1. The van der Waals surface area contributed by atoms with Crippen molar-refractivity contribution < 1.29 is 13.2 Å². The van der Waals surface area contributed by atoms with E-state index in [9.17, 15) is 18.5 Å². The average molecular weight is 549 g/mol. The molecule has 0 saturated carbocycles. The van der Waals surface area contributed by atoms with Crippen molar-refractivity contribution in [2.45, 2.75) is 44.7 Å². The normalized spacial score (nSPS) is 20.4. The first kappa shape index (κ1) is 26.6. The van der Waals surface area contributed by atoms with Crippen LogP contribution in [0.25, 0.3) is 0 Å². The largest absolute Gasteiger partial charge is 0.312 e. The minimum absolute atomic E-state index is 0.193. The van der Waals surface area contributed by atoms with Crippen molar-refractivity contribution in [2.75, 3.05) is 25.0 Å². The van der Waals surface area contributed by atoms with E-state index in [0.29, 0.717) is 41.1 Å². The topological polar surface area (TPSA) is 93.5 Å². The second-order valence-electron chi connectivity index (χ2n) is 10.5. The number of rotatable bonds is 6. The first-order valence-corrected chi connectivity index (χ1v) is 15.2. The highest BCUT2D eigenvalue weighted by molar-refractivity contribution is 7.89. The van der Waals surface area contributed by atoms with Crippen molar-refractivity contribution in [2.24, 2.45) is 11.8 Å². The van der Waals surface area contributed by atoms with E-state index in [1.165, 1.54) is 29.0 Å². The van der Waals surface area contributed by atoms with Crippen molar-refractivity contribution in [1.29, 1.82) is 5.26 Å². The Morgan fingerprint density at radius 3 is 2.42 bits per heavy atom. The number of carbonyl (C=O) groups excluding carboxylic acids is 1. The summed E-state index contributed by atoms with van der Waals surface area (Å²) in [4.78, 5) is 16.7. The number of nitrogens with one attached hydrogen (secondary N) is 1. The zero-order valence-electron chi connectivity index (χ0n) is 21.7. The zero-order chi connectivity index (χ0) is 26.9. The molecule has 0 aliphatic carbocycles. The van der Waals surface area contributed by atoms with Crippen LogP contribution in [0.2, 0.25) is 0 Å². The van der Waals surface area contributed by atoms with Crippen LogP contribution in [0.15, 0.2) is 59.5 Å². The maximum Gasteiger partial charge on any atom is 0.256 e. The van der Waals surface area contributed by atoms with E-state index >= 15 is 0 Å². The number of benzene rings is 2. The van der Waals surface area contributed by atoms with Gasteiger partial charge in [0, 0.05) is 43.2 Å². The molecule has 7 nitrogen and oxygen atoms in total. The predicted octanol–water partition coefficient (Wildman–Crippen LogP) is 5.10. The van der Waals surface area contributed by atoms with Gasteiger partial charge in [-0.3, -0.25) is 9.69 Å². The highest BCUT2D eigenvalue weighted by Gasteiger charge is 2.32. The highest BCUT2D eigenvalue weighted by atomic mass is 32.2. The number of sulfonamides is 1. The van der Waals surface area contributed by atoms with Crippen LogP contribution in [0, 0.1) is 23.2 Å². The Bertz CT molecular complexity index is 1450. The monoisotopic (exact) mass is 548 g/mol. The van der Waals surface area contributed by atoms with E-state index < -0.39 is 10.0 Å². The van der Waals surface area contributed by atoms with Crippen LogP contribution in [-0.4, -0.2) is 43.2 Å². The number of hydrogen-bond acceptors (Lipinski definition) is 6. The lowest BCUT2D eigenvalue weighted by atomic mass is 9.94. The third-order valence-corrected chi connectivity index (χ3v) is 10.3. The molecule has 0 radical (unpaired) electrons. The number of carbonyl (C=O) groups is 1. The summed E-state index contributed by atoms with van der Waals surface area (Å²) in [5, 5.41) is 13.3. The standard InChI is InChI=1S/C29H32N4O3S2/c1-20-14-21(2)17-33(16-20)38(35,36)24-10-8-23(9-11-24)28(34)31-29-26(15-30)25-12-13-32(19-27(25)37-29)18-22-6-4-3-5-7-22/h3-11,20-21H,12-14,16-19H2,1-2H3,(H,31,34)/t20-,21+. The predicted molar refractivity (Wildman–Crippen MR) is 149 cm³/mol. The molecule has 1 N–H and O–H groups in total. The summed E-state index contributed by atoms with van der Waals surface area (Å²) < 4.78 is 27.9. The van der Waals surface area contributed by atoms with E-state index in [4.69, 9.17) is 0 Å². The lowest BCUT2D eigenvalue weighted by molar-refractivity contribution is 0.102. The molecule has 2 aromatic carbocycles. The number of nitrogens with zero attached hydrogens (tertiary/aromatic N) is 3. The van der Waals surface area contributed by atoms with Gasteiger partial charge in [0.2, 0.25) is 10.0 Å². The summed E-state index contributed by atoms with van der Waals surface area (Å²) in [5.41, 5.74) is 3.15. The van der Waals surface area contributed by atoms with Crippen LogP contribution in [0.5, 0.6) is 0 Å². The number of nitriles is 1. The summed E-state index contributed by atoms with van der Waals surface area (Å²) in [6.45, 7) is 7.60. The summed E-state index contributed by atoms with van der Waals surface area (Å²) in [6.07, 6.45) is 1.78. The van der Waals surface area contributed by atoms with Gasteiger partial charge in [0.1, 0.15) is 11.1 Å². The molecule has 198 valence electrons. The highest BCUT2D eigenvalue weighted by Crippen LogP contribution is 2.37. The molecule has 38 heavy (non-hydrogen) atoms. The fraction of sp³-hybridized carbons (Fsp3) is 0.379. The number of anilines is 1. The van der Waals surface area contributed by atoms with Crippen molar-refractivity contribution in [3.8, 4) is 6.07 Å². The van der Waals surface area contributed by atoms with Gasteiger partial charge in [0.15, 0.2) is 0 Å². The van der Waals surface area contributed by atoms with Crippen LogP contribution in [0.4, 0.5) is 5.00 Å². The third kappa shape index (κ3) is 5.54. The first-order valence-electron chi connectivity index (χ1n) is 13.0. The van der Waals surface area contributed by atoms with E-state index in [1.54, 1.807) is 16.4 Å². The molecule has 1 saturated heterocycles. The Morgan fingerprint density at radius 2 is 1.76 bits per heavy atom. The van der Waals surface area contributed by atoms with Crippen molar-refractivity contribution in [3.63, 3.8) is 0 Å².